The zero-order valence-corrected chi connectivity index (χ0v) is 16.8. The van der Waals surface area contributed by atoms with Crippen LogP contribution in [-0.2, 0) is 4.74 Å². The molecule has 178 valence electrons. The van der Waals surface area contributed by atoms with E-state index in [0.717, 1.165) is 18.2 Å². The highest BCUT2D eigenvalue weighted by molar-refractivity contribution is 6.05. The van der Waals surface area contributed by atoms with Crippen molar-refractivity contribution >= 4 is 5.78 Å². The third kappa shape index (κ3) is 4.04. The van der Waals surface area contributed by atoms with Crippen molar-refractivity contribution in [2.75, 3.05) is 6.61 Å². The summed E-state index contributed by atoms with van der Waals surface area (Å²) in [7, 11) is 0. The maximum Gasteiger partial charge on any atom is 0.229 e. The van der Waals surface area contributed by atoms with Crippen LogP contribution in [0.3, 0.4) is 0 Å². The van der Waals surface area contributed by atoms with Crippen molar-refractivity contribution in [3.8, 4) is 28.7 Å². The first-order chi connectivity index (χ1) is 15.6. The van der Waals surface area contributed by atoms with Crippen molar-refractivity contribution in [2.24, 2.45) is 0 Å². The van der Waals surface area contributed by atoms with E-state index in [0.29, 0.717) is 0 Å². The Kier molecular flexibility index (Phi) is 6.05. The number of ether oxygens (including phenoxy) is 3. The molecule has 33 heavy (non-hydrogen) atoms. The highest BCUT2D eigenvalue weighted by atomic mass is 16.7. The molecule has 4 rings (SSSR count). The van der Waals surface area contributed by atoms with Gasteiger partial charge in [0.1, 0.15) is 47.2 Å². The average molecular weight is 466 g/mol. The number of hydrogen-bond acceptors (Lipinski definition) is 12. The first kappa shape index (κ1) is 23.0. The lowest BCUT2D eigenvalue weighted by Gasteiger charge is -2.39. The van der Waals surface area contributed by atoms with E-state index in [-0.39, 0.29) is 28.4 Å². The predicted molar refractivity (Wildman–Crippen MR) is 106 cm³/mol. The molecule has 0 unspecified atom stereocenters. The van der Waals surface area contributed by atoms with Crippen LogP contribution >= 0.6 is 0 Å². The maximum absolute atomic E-state index is 12.6. The molecule has 0 bridgehead atoms. The van der Waals surface area contributed by atoms with Crippen molar-refractivity contribution < 1.29 is 59.9 Å². The van der Waals surface area contributed by atoms with Gasteiger partial charge in [-0.05, 0) is 17.7 Å². The van der Waals surface area contributed by atoms with Gasteiger partial charge in [-0.2, -0.15) is 0 Å². The minimum absolute atomic E-state index is 0.140. The normalized spacial score (nSPS) is 31.5. The number of rotatable bonds is 4. The average Bonchev–Trinajstić information content (AvgIpc) is 2.77. The van der Waals surface area contributed by atoms with Crippen molar-refractivity contribution in [3.63, 3.8) is 0 Å². The second-order valence-corrected chi connectivity index (χ2v) is 7.73. The molecule has 0 amide bonds. The second kappa shape index (κ2) is 8.67. The number of carbonyl (C=O) groups excluding carboxylic acids is 1. The topological polar surface area (TPSA) is 207 Å². The van der Waals surface area contributed by atoms with Crippen LogP contribution in [-0.4, -0.2) is 90.1 Å². The Hall–Kier alpha value is -3.13. The Bertz CT molecular complexity index is 1050. The van der Waals surface area contributed by atoms with Crippen LogP contribution in [0.4, 0.5) is 0 Å². The Morgan fingerprint density at radius 1 is 0.909 bits per heavy atom. The molecular formula is C21H22O12. The van der Waals surface area contributed by atoms with Crippen LogP contribution in [0.2, 0.25) is 0 Å². The zero-order valence-electron chi connectivity index (χ0n) is 16.8. The molecule has 12 nitrogen and oxygen atoms in total. The molecule has 0 saturated carbocycles. The molecule has 1 saturated heterocycles. The Labute approximate surface area is 186 Å². The van der Waals surface area contributed by atoms with Gasteiger partial charge < -0.3 is 55.1 Å². The number of carbonyl (C=O) groups is 1. The molecule has 2 aliphatic rings. The van der Waals surface area contributed by atoms with Crippen molar-refractivity contribution in [1.29, 1.82) is 0 Å². The number of phenols is 3. The molecule has 7 atom stereocenters. The van der Waals surface area contributed by atoms with Gasteiger partial charge in [0.2, 0.25) is 12.1 Å². The first-order valence-corrected chi connectivity index (χ1v) is 9.87. The van der Waals surface area contributed by atoms with E-state index in [1.165, 1.54) is 12.1 Å². The fourth-order valence-electron chi connectivity index (χ4n) is 3.76. The number of aromatic hydroxyl groups is 3. The number of Topliss-reactive ketones (excluding diaryl/α,β-unsaturated/α-hetero) is 1. The summed E-state index contributed by atoms with van der Waals surface area (Å²) in [5.74, 6) is -2.68. The van der Waals surface area contributed by atoms with Gasteiger partial charge in [0.15, 0.2) is 23.7 Å². The number of ketones is 1. The van der Waals surface area contributed by atoms with E-state index in [1.807, 2.05) is 0 Å². The highest BCUT2D eigenvalue weighted by Crippen LogP contribution is 2.43. The summed E-state index contributed by atoms with van der Waals surface area (Å²) in [4.78, 5) is 12.6. The summed E-state index contributed by atoms with van der Waals surface area (Å²) in [6.45, 7) is -0.680. The van der Waals surface area contributed by atoms with Crippen LogP contribution in [0.25, 0.3) is 0 Å². The zero-order chi connectivity index (χ0) is 24.0. The highest BCUT2D eigenvalue weighted by Gasteiger charge is 2.45. The number of aliphatic hydroxyl groups is 5. The smallest absolute Gasteiger partial charge is 0.229 e. The van der Waals surface area contributed by atoms with Crippen LogP contribution in [0.15, 0.2) is 30.3 Å². The quantitative estimate of drug-likeness (QED) is 0.263. The third-order valence-electron chi connectivity index (χ3n) is 5.53. The summed E-state index contributed by atoms with van der Waals surface area (Å²) >= 11 is 0. The molecule has 0 aromatic heterocycles. The molecule has 2 heterocycles. The van der Waals surface area contributed by atoms with E-state index >= 15 is 0 Å². The molecule has 0 aliphatic carbocycles. The van der Waals surface area contributed by atoms with Crippen LogP contribution in [0.1, 0.15) is 22.0 Å². The van der Waals surface area contributed by atoms with Crippen molar-refractivity contribution in [3.05, 3.63) is 41.5 Å². The lowest BCUT2D eigenvalue weighted by Crippen LogP contribution is -2.60. The minimum atomic E-state index is -1.75. The SMILES string of the molecule is O=C1c2c(O)cc(O)cc2O[C@H](c2ccc(O)c(O[C@@H]3O[C@H](CO)[C@@H](O)[C@@H](O)[C@H]3O)c2)[C@H]1O. The predicted octanol–water partition coefficient (Wildman–Crippen LogP) is -1.34. The molecule has 8 N–H and O–H groups in total. The Morgan fingerprint density at radius 3 is 2.33 bits per heavy atom. The van der Waals surface area contributed by atoms with Gasteiger partial charge in [0.25, 0.3) is 0 Å². The van der Waals surface area contributed by atoms with Crippen molar-refractivity contribution in [2.45, 2.75) is 42.9 Å². The molecule has 2 aromatic carbocycles. The van der Waals surface area contributed by atoms with Crippen LogP contribution in [0, 0.1) is 0 Å². The summed E-state index contributed by atoms with van der Waals surface area (Å²) < 4.78 is 16.3. The summed E-state index contributed by atoms with van der Waals surface area (Å²) in [5, 5.41) is 79.5. The number of aliphatic hydroxyl groups excluding tert-OH is 5. The van der Waals surface area contributed by atoms with E-state index in [2.05, 4.69) is 0 Å². The molecule has 2 aliphatic heterocycles. The standard InChI is InChI=1S/C21H22O12/c22-6-13-15(26)17(28)19(30)21(33-13)32-11-3-7(1-2-9(11)24)20-18(29)16(27)14-10(25)4-8(23)5-12(14)31-20/h1-5,13,15,17-26,28-30H,6H2/t13-,15-,17-,18+,19-,20-,21-/m1/s1. The fourth-order valence-corrected chi connectivity index (χ4v) is 3.76. The van der Waals surface area contributed by atoms with Gasteiger partial charge in [-0.3, -0.25) is 4.79 Å². The monoisotopic (exact) mass is 466 g/mol. The summed E-state index contributed by atoms with van der Waals surface area (Å²) in [6, 6.07) is 5.69. The number of benzene rings is 2. The van der Waals surface area contributed by atoms with Crippen LogP contribution in [0.5, 0.6) is 28.7 Å². The van der Waals surface area contributed by atoms with E-state index in [4.69, 9.17) is 14.2 Å². The van der Waals surface area contributed by atoms with Gasteiger partial charge in [0, 0.05) is 12.1 Å². The fraction of sp³-hybridized carbons (Fsp3) is 0.381. The molecular weight excluding hydrogens is 444 g/mol. The van der Waals surface area contributed by atoms with Gasteiger partial charge >= 0.3 is 0 Å². The molecule has 12 heteroatoms. The third-order valence-corrected chi connectivity index (χ3v) is 5.53. The van der Waals surface area contributed by atoms with Gasteiger partial charge in [-0.15, -0.1) is 0 Å². The minimum Gasteiger partial charge on any atom is -0.508 e. The largest absolute Gasteiger partial charge is 0.508 e. The Balaban J connectivity index is 1.63. The van der Waals surface area contributed by atoms with Crippen LogP contribution < -0.4 is 9.47 Å². The second-order valence-electron chi connectivity index (χ2n) is 7.73. The molecule has 2 aromatic rings. The van der Waals surface area contributed by atoms with Gasteiger partial charge in [0.05, 0.1) is 6.61 Å². The van der Waals surface area contributed by atoms with Gasteiger partial charge in [-0.1, -0.05) is 6.07 Å². The number of hydrogen-bond donors (Lipinski definition) is 8. The number of fused-ring (bicyclic) bond motifs is 1. The van der Waals surface area contributed by atoms with E-state index in [1.54, 1.807) is 0 Å². The van der Waals surface area contributed by atoms with Crippen molar-refractivity contribution in [1.82, 2.24) is 0 Å². The summed E-state index contributed by atoms with van der Waals surface area (Å²) in [5.41, 5.74) is -0.158. The number of phenolic OH excluding ortho intramolecular Hbond substituents is 3. The van der Waals surface area contributed by atoms with E-state index < -0.39 is 66.8 Å². The first-order valence-electron chi connectivity index (χ1n) is 9.87. The lowest BCUT2D eigenvalue weighted by molar-refractivity contribution is -0.277. The van der Waals surface area contributed by atoms with E-state index in [9.17, 15) is 45.6 Å². The summed E-state index contributed by atoms with van der Waals surface area (Å²) in [6.07, 6.45) is -10.9. The van der Waals surface area contributed by atoms with Gasteiger partial charge in [-0.25, -0.2) is 0 Å². The Morgan fingerprint density at radius 2 is 1.64 bits per heavy atom. The maximum atomic E-state index is 12.6. The molecule has 0 spiro atoms. The lowest BCUT2D eigenvalue weighted by atomic mass is 9.92. The molecule has 1 fully saturated rings. The molecule has 0 radical (unpaired) electrons.